The van der Waals surface area contributed by atoms with Crippen molar-refractivity contribution in [3.8, 4) is 0 Å². The van der Waals surface area contributed by atoms with E-state index in [0.717, 1.165) is 0 Å². The zero-order valence-corrected chi connectivity index (χ0v) is 9.16. The maximum atomic E-state index is 12.3. The van der Waals surface area contributed by atoms with Crippen molar-refractivity contribution in [3.05, 3.63) is 25.5 Å². The SMILES string of the molecule is FC(F)c1c(Cl)ncc(I)c1Cl. The molecule has 0 spiro atoms. The fourth-order valence-electron chi connectivity index (χ4n) is 0.645. The summed E-state index contributed by atoms with van der Waals surface area (Å²) in [4.78, 5) is 3.55. The molecule has 12 heavy (non-hydrogen) atoms. The maximum Gasteiger partial charge on any atom is 0.268 e. The van der Waals surface area contributed by atoms with Crippen LogP contribution in [0.4, 0.5) is 8.78 Å². The third-order valence-corrected chi connectivity index (χ3v) is 3.02. The van der Waals surface area contributed by atoms with Gasteiger partial charge in [0.1, 0.15) is 5.15 Å². The molecule has 0 aliphatic carbocycles. The zero-order chi connectivity index (χ0) is 9.30. The average Bonchev–Trinajstić information content (AvgIpc) is 1.97. The van der Waals surface area contributed by atoms with E-state index in [4.69, 9.17) is 23.2 Å². The summed E-state index contributed by atoms with van der Waals surface area (Å²) < 4.78 is 25.0. The van der Waals surface area contributed by atoms with Gasteiger partial charge in [-0.15, -0.1) is 0 Å². The van der Waals surface area contributed by atoms with E-state index in [2.05, 4.69) is 4.98 Å². The van der Waals surface area contributed by atoms with E-state index in [1.54, 1.807) is 0 Å². The Balaban J connectivity index is 3.33. The van der Waals surface area contributed by atoms with Gasteiger partial charge in [-0.05, 0) is 22.6 Å². The Hall–Kier alpha value is 0.320. The Morgan fingerprint density at radius 2 is 2.00 bits per heavy atom. The highest BCUT2D eigenvalue weighted by molar-refractivity contribution is 14.1. The first-order valence-corrected chi connectivity index (χ1v) is 4.65. The predicted octanol–water partition coefficient (Wildman–Crippen LogP) is 3.93. The smallest absolute Gasteiger partial charge is 0.243 e. The minimum absolute atomic E-state index is 0.0226. The van der Waals surface area contributed by atoms with Gasteiger partial charge in [-0.2, -0.15) is 0 Å². The van der Waals surface area contributed by atoms with E-state index in [1.165, 1.54) is 6.20 Å². The van der Waals surface area contributed by atoms with E-state index < -0.39 is 12.0 Å². The van der Waals surface area contributed by atoms with Gasteiger partial charge in [0, 0.05) is 6.20 Å². The fourth-order valence-corrected chi connectivity index (χ4v) is 1.57. The Kier molecular flexibility index (Phi) is 3.48. The second-order valence-electron chi connectivity index (χ2n) is 1.93. The van der Waals surface area contributed by atoms with Gasteiger partial charge in [-0.25, -0.2) is 13.8 Å². The number of rotatable bonds is 1. The maximum absolute atomic E-state index is 12.3. The van der Waals surface area contributed by atoms with Crippen molar-refractivity contribution in [1.82, 2.24) is 4.98 Å². The highest BCUT2D eigenvalue weighted by Gasteiger charge is 2.19. The predicted molar refractivity (Wildman–Crippen MR) is 51.9 cm³/mol. The lowest BCUT2D eigenvalue weighted by Crippen LogP contribution is -1.93. The number of nitrogens with zero attached hydrogens (tertiary/aromatic N) is 1. The largest absolute Gasteiger partial charge is 0.268 e. The van der Waals surface area contributed by atoms with Crippen molar-refractivity contribution < 1.29 is 8.78 Å². The van der Waals surface area contributed by atoms with Crippen molar-refractivity contribution in [3.63, 3.8) is 0 Å². The summed E-state index contributed by atoms with van der Waals surface area (Å²) in [6, 6.07) is 0. The highest BCUT2D eigenvalue weighted by atomic mass is 127. The summed E-state index contributed by atoms with van der Waals surface area (Å²) in [5.41, 5.74) is -0.398. The monoisotopic (exact) mass is 323 g/mol. The van der Waals surface area contributed by atoms with Gasteiger partial charge in [-0.1, -0.05) is 23.2 Å². The standard InChI is InChI=1S/C6H2Cl2F2IN/c7-4-2(11)1-12-5(8)3(4)6(9)10/h1,6H. The molecule has 0 amide bonds. The molecule has 0 aliphatic rings. The number of halogens is 5. The van der Waals surface area contributed by atoms with E-state index in [-0.39, 0.29) is 10.2 Å². The van der Waals surface area contributed by atoms with Crippen LogP contribution in [0.5, 0.6) is 0 Å². The van der Waals surface area contributed by atoms with Crippen LogP contribution < -0.4 is 0 Å². The van der Waals surface area contributed by atoms with Gasteiger partial charge >= 0.3 is 0 Å². The van der Waals surface area contributed by atoms with Crippen LogP contribution in [0.2, 0.25) is 10.2 Å². The first-order chi connectivity index (χ1) is 5.54. The summed E-state index contributed by atoms with van der Waals surface area (Å²) in [6.07, 6.45) is -1.34. The van der Waals surface area contributed by atoms with Gasteiger partial charge in [0.15, 0.2) is 0 Å². The molecule has 0 fully saturated rings. The van der Waals surface area contributed by atoms with Gasteiger partial charge in [0.2, 0.25) is 0 Å². The number of pyridine rings is 1. The van der Waals surface area contributed by atoms with Crippen LogP contribution in [0.1, 0.15) is 12.0 Å². The van der Waals surface area contributed by atoms with Crippen LogP contribution in [0.25, 0.3) is 0 Å². The molecule has 0 saturated heterocycles. The zero-order valence-electron chi connectivity index (χ0n) is 5.49. The molecule has 0 radical (unpaired) electrons. The first kappa shape index (κ1) is 10.4. The molecule has 1 nitrogen and oxygen atoms in total. The minimum atomic E-state index is -2.69. The van der Waals surface area contributed by atoms with Gasteiger partial charge in [0.05, 0.1) is 14.2 Å². The number of hydrogen-bond acceptors (Lipinski definition) is 1. The van der Waals surface area contributed by atoms with Crippen molar-refractivity contribution in [2.75, 3.05) is 0 Å². The topological polar surface area (TPSA) is 12.9 Å². The lowest BCUT2D eigenvalue weighted by atomic mass is 10.3. The van der Waals surface area contributed by atoms with E-state index >= 15 is 0 Å². The van der Waals surface area contributed by atoms with Gasteiger partial charge in [0.25, 0.3) is 6.43 Å². The molecule has 0 bridgehead atoms. The number of hydrogen-bond donors (Lipinski definition) is 0. The summed E-state index contributed by atoms with van der Waals surface area (Å²) in [5, 5.41) is -0.263. The number of alkyl halides is 2. The van der Waals surface area contributed by atoms with Crippen molar-refractivity contribution in [2.24, 2.45) is 0 Å². The molecule has 1 rings (SSSR count). The molecule has 1 heterocycles. The lowest BCUT2D eigenvalue weighted by molar-refractivity contribution is 0.151. The van der Waals surface area contributed by atoms with Crippen molar-refractivity contribution >= 4 is 45.8 Å². The molecule has 1 aromatic rings. The summed E-state index contributed by atoms with van der Waals surface area (Å²) in [6.45, 7) is 0. The average molecular weight is 324 g/mol. The molecular formula is C6H2Cl2F2IN. The van der Waals surface area contributed by atoms with Crippen LogP contribution in [-0.2, 0) is 0 Å². The normalized spacial score (nSPS) is 10.8. The molecule has 0 unspecified atom stereocenters. The molecule has 0 N–H and O–H groups in total. The van der Waals surface area contributed by atoms with E-state index in [9.17, 15) is 8.78 Å². The fraction of sp³-hybridized carbons (Fsp3) is 0.167. The van der Waals surface area contributed by atoms with Crippen LogP contribution in [0.15, 0.2) is 6.20 Å². The third kappa shape index (κ3) is 1.97. The van der Waals surface area contributed by atoms with Crippen molar-refractivity contribution in [2.45, 2.75) is 6.43 Å². The molecule has 6 heteroatoms. The van der Waals surface area contributed by atoms with Crippen LogP contribution >= 0.6 is 45.8 Å². The molecule has 0 aliphatic heterocycles. The van der Waals surface area contributed by atoms with E-state index in [0.29, 0.717) is 3.57 Å². The Bertz CT molecular complexity index is 306. The second-order valence-corrected chi connectivity index (χ2v) is 3.82. The molecule has 66 valence electrons. The van der Waals surface area contributed by atoms with Crippen LogP contribution in [-0.4, -0.2) is 4.98 Å². The molecule has 0 aromatic carbocycles. The van der Waals surface area contributed by atoms with Gasteiger partial charge < -0.3 is 0 Å². The van der Waals surface area contributed by atoms with Crippen molar-refractivity contribution in [1.29, 1.82) is 0 Å². The van der Waals surface area contributed by atoms with E-state index in [1.807, 2.05) is 22.6 Å². The van der Waals surface area contributed by atoms with Crippen LogP contribution in [0, 0.1) is 3.57 Å². The molecule has 1 aromatic heterocycles. The first-order valence-electron chi connectivity index (χ1n) is 2.81. The lowest BCUT2D eigenvalue weighted by Gasteiger charge is -2.05. The number of aromatic nitrogens is 1. The Morgan fingerprint density at radius 1 is 1.42 bits per heavy atom. The third-order valence-electron chi connectivity index (χ3n) is 1.18. The molecular weight excluding hydrogens is 322 g/mol. The summed E-state index contributed by atoms with van der Waals surface area (Å²) >= 11 is 12.8. The Labute approximate surface area is 91.2 Å². The Morgan fingerprint density at radius 3 is 2.42 bits per heavy atom. The minimum Gasteiger partial charge on any atom is -0.243 e. The molecule has 0 atom stereocenters. The molecule has 0 saturated carbocycles. The summed E-state index contributed by atoms with van der Waals surface area (Å²) in [7, 11) is 0. The second kappa shape index (κ2) is 4.02. The highest BCUT2D eigenvalue weighted by Crippen LogP contribution is 2.34. The quantitative estimate of drug-likeness (QED) is 0.563. The van der Waals surface area contributed by atoms with Crippen LogP contribution in [0.3, 0.4) is 0 Å². The summed E-state index contributed by atoms with van der Waals surface area (Å²) in [5.74, 6) is 0. The van der Waals surface area contributed by atoms with Gasteiger partial charge in [-0.3, -0.25) is 0 Å².